The molecule has 0 unspecified atom stereocenters. The van der Waals surface area contributed by atoms with Crippen LogP contribution in [-0.2, 0) is 21.1 Å². The molecule has 13 heteroatoms. The zero-order valence-corrected chi connectivity index (χ0v) is 21.4. The van der Waals surface area contributed by atoms with Gasteiger partial charge in [0.15, 0.2) is 11.2 Å². The molecule has 4 heterocycles. The van der Waals surface area contributed by atoms with Gasteiger partial charge in [0, 0.05) is 45.0 Å². The van der Waals surface area contributed by atoms with Gasteiger partial charge in [-0.15, -0.1) is 0 Å². The Hall–Kier alpha value is -5.46. The van der Waals surface area contributed by atoms with E-state index in [1.165, 1.54) is 39.9 Å². The molecule has 0 radical (unpaired) electrons. The van der Waals surface area contributed by atoms with Crippen LogP contribution in [0.2, 0.25) is 0 Å². The first-order valence-corrected chi connectivity index (χ1v) is 11.9. The number of imidazole rings is 2. The van der Waals surface area contributed by atoms with E-state index >= 15 is 0 Å². The summed E-state index contributed by atoms with van der Waals surface area (Å²) in [6, 6.07) is 15.1. The summed E-state index contributed by atoms with van der Waals surface area (Å²) >= 11 is 0. The summed E-state index contributed by atoms with van der Waals surface area (Å²) in [5.74, 6) is 0.204. The third-order valence-corrected chi connectivity index (χ3v) is 7.07. The molecule has 0 saturated carbocycles. The molecule has 6 aromatic rings. The second kappa shape index (κ2) is 8.28. The number of fused-ring (bicyclic) bond motifs is 3. The van der Waals surface area contributed by atoms with E-state index in [-0.39, 0.29) is 33.9 Å². The minimum atomic E-state index is -0.560. The summed E-state index contributed by atoms with van der Waals surface area (Å²) in [7, 11) is 4.64. The van der Waals surface area contributed by atoms with Gasteiger partial charge in [0.25, 0.3) is 16.8 Å². The van der Waals surface area contributed by atoms with Crippen LogP contribution in [0.25, 0.3) is 39.6 Å². The first kappa shape index (κ1) is 23.9. The predicted octanol–water partition coefficient (Wildman–Crippen LogP) is 2.05. The molecule has 0 atom stereocenters. The van der Waals surface area contributed by atoms with Gasteiger partial charge in [0.05, 0.1) is 22.0 Å². The van der Waals surface area contributed by atoms with Crippen LogP contribution in [0.15, 0.2) is 75.2 Å². The van der Waals surface area contributed by atoms with Crippen molar-refractivity contribution in [2.75, 3.05) is 0 Å². The van der Waals surface area contributed by atoms with E-state index < -0.39 is 16.2 Å². The van der Waals surface area contributed by atoms with Crippen molar-refractivity contribution in [2.45, 2.75) is 6.92 Å². The number of hydrogen-bond acceptors (Lipinski definition) is 6. The number of aromatic nitrogens is 7. The fraction of sp³-hybridized carbons (Fsp3) is 0.154. The molecular weight excluding hydrogens is 504 g/mol. The van der Waals surface area contributed by atoms with E-state index in [2.05, 4.69) is 4.98 Å². The van der Waals surface area contributed by atoms with Crippen molar-refractivity contribution in [2.24, 2.45) is 21.1 Å². The van der Waals surface area contributed by atoms with Crippen LogP contribution in [0.5, 0.6) is 0 Å². The lowest BCUT2D eigenvalue weighted by Crippen LogP contribution is -2.37. The molecule has 0 spiro atoms. The minimum Gasteiger partial charge on any atom is -0.283 e. The number of para-hydroxylation sites is 1. The van der Waals surface area contributed by atoms with Crippen LogP contribution in [0, 0.1) is 17.0 Å². The van der Waals surface area contributed by atoms with Gasteiger partial charge in [-0.25, -0.2) is 9.48 Å². The quantitative estimate of drug-likeness (QED) is 0.255. The largest absolute Gasteiger partial charge is 0.332 e. The maximum absolute atomic E-state index is 14.0. The first-order valence-electron chi connectivity index (χ1n) is 11.9. The van der Waals surface area contributed by atoms with Gasteiger partial charge in [-0.1, -0.05) is 30.3 Å². The maximum Gasteiger partial charge on any atom is 0.332 e. The molecule has 0 N–H and O–H groups in total. The predicted molar refractivity (Wildman–Crippen MR) is 144 cm³/mol. The lowest BCUT2D eigenvalue weighted by molar-refractivity contribution is -0.384. The Kier molecular flexibility index (Phi) is 5.07. The molecule has 0 aliphatic carbocycles. The van der Waals surface area contributed by atoms with Crippen molar-refractivity contribution in [3.63, 3.8) is 0 Å². The summed E-state index contributed by atoms with van der Waals surface area (Å²) in [4.78, 5) is 55.5. The second-order valence-corrected chi connectivity index (χ2v) is 9.23. The van der Waals surface area contributed by atoms with Gasteiger partial charge in [0.1, 0.15) is 5.69 Å². The molecule has 0 aliphatic rings. The fourth-order valence-corrected chi connectivity index (χ4v) is 4.99. The van der Waals surface area contributed by atoms with Crippen molar-refractivity contribution in [3.05, 3.63) is 108 Å². The molecule has 13 nitrogen and oxygen atoms in total. The summed E-state index contributed by atoms with van der Waals surface area (Å²) < 4.78 is 8.57. The van der Waals surface area contributed by atoms with Crippen LogP contribution in [0.3, 0.4) is 0 Å². The number of nitro benzene ring substituents is 1. The Bertz CT molecular complexity index is 2150. The number of rotatable bonds is 4. The van der Waals surface area contributed by atoms with Crippen LogP contribution < -0.4 is 16.8 Å². The van der Waals surface area contributed by atoms with E-state index in [1.807, 2.05) is 18.2 Å². The van der Waals surface area contributed by atoms with Gasteiger partial charge in [0.2, 0.25) is 5.78 Å². The average Bonchev–Trinajstić information content (AvgIpc) is 3.55. The molecule has 0 aliphatic heterocycles. The molecule has 0 amide bonds. The SMILES string of the molecule is Cc1c(-n2c(-c3cccc([N+](=O)[O-])c3)cn3c4c(=O)n(C)c(=O)n(C)c4nc23)c(=O)n(-c2ccccc2)n1C. The van der Waals surface area contributed by atoms with E-state index in [0.717, 1.165) is 4.57 Å². The van der Waals surface area contributed by atoms with Crippen molar-refractivity contribution in [1.29, 1.82) is 0 Å². The van der Waals surface area contributed by atoms with Crippen molar-refractivity contribution >= 4 is 22.6 Å². The van der Waals surface area contributed by atoms with Crippen molar-refractivity contribution in [3.8, 4) is 22.6 Å². The summed E-state index contributed by atoms with van der Waals surface area (Å²) in [5.41, 5.74) is 1.01. The highest BCUT2D eigenvalue weighted by Crippen LogP contribution is 2.31. The Labute approximate surface area is 218 Å². The van der Waals surface area contributed by atoms with Gasteiger partial charge in [-0.05, 0) is 19.1 Å². The van der Waals surface area contributed by atoms with Crippen LogP contribution in [0.1, 0.15) is 5.69 Å². The Morgan fingerprint density at radius 1 is 0.897 bits per heavy atom. The third-order valence-electron chi connectivity index (χ3n) is 7.07. The highest BCUT2D eigenvalue weighted by Gasteiger charge is 2.27. The Morgan fingerprint density at radius 2 is 1.62 bits per heavy atom. The zero-order valence-electron chi connectivity index (χ0n) is 21.4. The molecule has 2 aromatic carbocycles. The standard InChI is InChI=1S/C26H22N8O5/c1-15-20(24(36)33(30(15)4)17-10-6-5-7-11-17)32-19(16-9-8-12-18(13-16)34(38)39)14-31-21-22(27-25(31)32)28(2)26(37)29(3)23(21)35/h5-14H,1-4H3. The zero-order chi connectivity index (χ0) is 27.7. The number of benzene rings is 2. The highest BCUT2D eigenvalue weighted by molar-refractivity contribution is 5.80. The van der Waals surface area contributed by atoms with Gasteiger partial charge < -0.3 is 0 Å². The molecule has 0 fully saturated rings. The summed E-state index contributed by atoms with van der Waals surface area (Å²) in [6.45, 7) is 1.78. The first-order chi connectivity index (χ1) is 18.6. The monoisotopic (exact) mass is 526 g/mol. The van der Waals surface area contributed by atoms with Gasteiger partial charge >= 0.3 is 5.69 Å². The molecular formula is C26H22N8O5. The lowest BCUT2D eigenvalue weighted by Gasteiger charge is -2.08. The molecule has 0 bridgehead atoms. The van der Waals surface area contributed by atoms with Crippen molar-refractivity contribution < 1.29 is 4.92 Å². The van der Waals surface area contributed by atoms with E-state index in [0.29, 0.717) is 22.6 Å². The van der Waals surface area contributed by atoms with E-state index in [4.69, 9.17) is 0 Å². The number of non-ortho nitro benzene ring substituents is 1. The second-order valence-electron chi connectivity index (χ2n) is 9.23. The van der Waals surface area contributed by atoms with E-state index in [9.17, 15) is 24.5 Å². The average molecular weight is 527 g/mol. The van der Waals surface area contributed by atoms with E-state index in [1.54, 1.807) is 53.7 Å². The lowest BCUT2D eigenvalue weighted by atomic mass is 10.1. The molecule has 196 valence electrons. The van der Waals surface area contributed by atoms with Crippen LogP contribution in [0.4, 0.5) is 5.69 Å². The number of nitro groups is 1. The third kappa shape index (κ3) is 3.26. The Morgan fingerprint density at radius 3 is 2.31 bits per heavy atom. The number of hydrogen-bond donors (Lipinski definition) is 0. The molecule has 39 heavy (non-hydrogen) atoms. The van der Waals surface area contributed by atoms with Crippen LogP contribution >= 0.6 is 0 Å². The van der Waals surface area contributed by atoms with Crippen LogP contribution in [-0.4, -0.2) is 37.4 Å². The molecule has 6 rings (SSSR count). The minimum absolute atomic E-state index is 0.132. The normalized spacial score (nSPS) is 11.6. The number of aryl methyl sites for hydroxylation is 1. The molecule has 4 aromatic heterocycles. The summed E-state index contributed by atoms with van der Waals surface area (Å²) in [5, 5.41) is 11.5. The highest BCUT2D eigenvalue weighted by atomic mass is 16.6. The topological polar surface area (TPSA) is 136 Å². The smallest absolute Gasteiger partial charge is 0.283 e. The maximum atomic E-state index is 14.0. The van der Waals surface area contributed by atoms with Crippen molar-refractivity contribution in [1.82, 2.24) is 32.4 Å². The number of nitrogens with zero attached hydrogens (tertiary/aromatic N) is 8. The Balaban J connectivity index is 1.80. The molecule has 0 saturated heterocycles. The van der Waals surface area contributed by atoms with Gasteiger partial charge in [-0.2, -0.15) is 4.98 Å². The fourth-order valence-electron chi connectivity index (χ4n) is 4.99. The summed E-state index contributed by atoms with van der Waals surface area (Å²) in [6.07, 6.45) is 1.61. The van der Waals surface area contributed by atoms with Gasteiger partial charge in [-0.3, -0.25) is 42.5 Å².